The Balaban J connectivity index is 1.40. The van der Waals surface area contributed by atoms with E-state index in [1.165, 1.54) is 4.68 Å². The summed E-state index contributed by atoms with van der Waals surface area (Å²) in [6.07, 6.45) is 1.50. The minimum Gasteiger partial charge on any atom is -0.312 e. The lowest BCUT2D eigenvalue weighted by molar-refractivity contribution is -0.121. The number of benzene rings is 2. The molecule has 28 heavy (non-hydrogen) atoms. The van der Waals surface area contributed by atoms with E-state index in [-0.39, 0.29) is 18.4 Å². The van der Waals surface area contributed by atoms with E-state index >= 15 is 0 Å². The summed E-state index contributed by atoms with van der Waals surface area (Å²) in [5.74, 6) is -0.125. The highest BCUT2D eigenvalue weighted by atomic mass is 16.2. The van der Waals surface area contributed by atoms with E-state index in [1.54, 1.807) is 4.90 Å². The van der Waals surface area contributed by atoms with E-state index in [0.29, 0.717) is 12.1 Å². The summed E-state index contributed by atoms with van der Waals surface area (Å²) >= 11 is 0. The van der Waals surface area contributed by atoms with Crippen molar-refractivity contribution in [3.63, 3.8) is 0 Å². The molecule has 1 saturated heterocycles. The molecule has 1 aliphatic heterocycles. The zero-order valence-corrected chi connectivity index (χ0v) is 15.5. The van der Waals surface area contributed by atoms with Crippen LogP contribution < -0.4 is 10.3 Å². The molecular formula is C20H20N6O2. The minimum atomic E-state index is -0.283. The largest absolute Gasteiger partial charge is 0.312 e. The average Bonchev–Trinajstić information content (AvgIpc) is 3.33. The van der Waals surface area contributed by atoms with Gasteiger partial charge in [-0.05, 0) is 43.2 Å². The molecule has 0 unspecified atom stereocenters. The van der Waals surface area contributed by atoms with E-state index in [1.807, 2.05) is 55.5 Å². The van der Waals surface area contributed by atoms with Crippen LogP contribution in [0.3, 0.4) is 0 Å². The summed E-state index contributed by atoms with van der Waals surface area (Å²) in [7, 11) is 0. The molecule has 0 bridgehead atoms. The number of carbonyl (C=O) groups is 2. The monoisotopic (exact) mass is 376 g/mol. The fraction of sp³-hybridized carbons (Fsp3) is 0.250. The molecule has 0 aliphatic carbocycles. The third kappa shape index (κ3) is 3.62. The molecule has 2 heterocycles. The number of rotatable bonds is 5. The number of aromatic nitrogens is 3. The lowest BCUT2D eigenvalue weighted by Crippen LogP contribution is -2.25. The second kappa shape index (κ2) is 7.59. The van der Waals surface area contributed by atoms with Crippen molar-refractivity contribution in [2.45, 2.75) is 26.3 Å². The smallest absolute Gasteiger partial charge is 0.261 e. The molecular weight excluding hydrogens is 356 g/mol. The molecule has 0 saturated carbocycles. The molecule has 8 heteroatoms. The summed E-state index contributed by atoms with van der Waals surface area (Å²) in [5.41, 5.74) is 6.54. The van der Waals surface area contributed by atoms with Gasteiger partial charge in [-0.3, -0.25) is 9.59 Å². The van der Waals surface area contributed by atoms with Crippen LogP contribution in [0.15, 0.2) is 53.6 Å². The predicted octanol–water partition coefficient (Wildman–Crippen LogP) is 2.10. The van der Waals surface area contributed by atoms with Gasteiger partial charge in [-0.15, -0.1) is 5.10 Å². The van der Waals surface area contributed by atoms with Gasteiger partial charge in [-0.1, -0.05) is 29.5 Å². The Kier molecular flexibility index (Phi) is 4.84. The molecule has 142 valence electrons. The van der Waals surface area contributed by atoms with Crippen LogP contribution in [-0.2, 0) is 16.1 Å². The summed E-state index contributed by atoms with van der Waals surface area (Å²) in [5, 5.41) is 12.2. The van der Waals surface area contributed by atoms with Gasteiger partial charge < -0.3 is 4.90 Å². The number of anilines is 1. The van der Waals surface area contributed by atoms with Crippen molar-refractivity contribution in [3.8, 4) is 0 Å². The van der Waals surface area contributed by atoms with Crippen molar-refractivity contribution >= 4 is 34.2 Å². The molecule has 1 aromatic heterocycles. The fourth-order valence-electron chi connectivity index (χ4n) is 3.22. The summed E-state index contributed by atoms with van der Waals surface area (Å²) < 4.78 is 1.54. The lowest BCUT2D eigenvalue weighted by atomic mass is 10.1. The highest BCUT2D eigenvalue weighted by Gasteiger charge is 2.21. The number of carbonyl (C=O) groups excluding carboxylic acids is 2. The third-order valence-electron chi connectivity index (χ3n) is 4.73. The van der Waals surface area contributed by atoms with Crippen LogP contribution in [-0.4, -0.2) is 39.1 Å². The van der Waals surface area contributed by atoms with E-state index in [2.05, 4.69) is 20.8 Å². The van der Waals surface area contributed by atoms with Gasteiger partial charge >= 0.3 is 0 Å². The van der Waals surface area contributed by atoms with Crippen LogP contribution in [0.1, 0.15) is 25.3 Å². The van der Waals surface area contributed by atoms with E-state index < -0.39 is 0 Å². The van der Waals surface area contributed by atoms with Gasteiger partial charge in [0.05, 0.1) is 11.2 Å². The number of nitrogens with zero attached hydrogens (tertiary/aromatic N) is 5. The van der Waals surface area contributed by atoms with Crippen molar-refractivity contribution in [1.82, 2.24) is 20.4 Å². The van der Waals surface area contributed by atoms with Crippen LogP contribution in [0.2, 0.25) is 0 Å². The second-order valence-electron chi connectivity index (χ2n) is 6.66. The Morgan fingerprint density at radius 3 is 2.71 bits per heavy atom. The topological polar surface area (TPSA) is 92.5 Å². The van der Waals surface area contributed by atoms with E-state index in [4.69, 9.17) is 0 Å². The first-order valence-corrected chi connectivity index (χ1v) is 9.14. The quantitative estimate of drug-likeness (QED) is 0.545. The molecule has 1 N–H and O–H groups in total. The second-order valence-corrected chi connectivity index (χ2v) is 6.66. The first-order chi connectivity index (χ1) is 13.6. The van der Waals surface area contributed by atoms with E-state index in [0.717, 1.165) is 35.2 Å². The van der Waals surface area contributed by atoms with Gasteiger partial charge in [0.2, 0.25) is 5.91 Å². The van der Waals surface area contributed by atoms with Gasteiger partial charge in [-0.25, -0.2) is 10.1 Å². The standard InChI is InChI=1S/C20H20N6O2/c1-14(15-8-10-16(11-9-15)25-12-4-7-20(25)28)21-23-19(27)13-26-18-6-3-2-5-17(18)22-24-26/h2-3,5-6,8-11H,4,7,12-13H2,1H3,(H,23,27)/b21-14-. The summed E-state index contributed by atoms with van der Waals surface area (Å²) in [6, 6.07) is 15.1. The zero-order valence-electron chi connectivity index (χ0n) is 15.5. The first-order valence-electron chi connectivity index (χ1n) is 9.14. The SMILES string of the molecule is C/C(=N/NC(=O)Cn1nnc2ccccc21)c1ccc(N2CCCC2=O)cc1. The van der Waals surface area contributed by atoms with Gasteiger partial charge in [-0.2, -0.15) is 5.10 Å². The number of hydrogen-bond acceptors (Lipinski definition) is 5. The minimum absolute atomic E-state index is 0.0350. The number of para-hydroxylation sites is 1. The molecule has 8 nitrogen and oxygen atoms in total. The Morgan fingerprint density at radius 2 is 1.96 bits per heavy atom. The van der Waals surface area contributed by atoms with Crippen LogP contribution >= 0.6 is 0 Å². The Bertz CT molecular complexity index is 1050. The molecule has 2 aromatic carbocycles. The molecule has 0 atom stereocenters. The van der Waals surface area contributed by atoms with Crippen molar-refractivity contribution in [2.24, 2.45) is 5.10 Å². The van der Waals surface area contributed by atoms with Gasteiger partial charge in [0.1, 0.15) is 12.1 Å². The van der Waals surface area contributed by atoms with Crippen molar-refractivity contribution in [1.29, 1.82) is 0 Å². The highest BCUT2D eigenvalue weighted by Crippen LogP contribution is 2.21. The number of amides is 2. The molecule has 0 radical (unpaired) electrons. The Labute approximate surface area is 161 Å². The molecule has 2 amide bonds. The lowest BCUT2D eigenvalue weighted by Gasteiger charge is -2.15. The normalized spacial score (nSPS) is 14.7. The maximum absolute atomic E-state index is 12.2. The van der Waals surface area contributed by atoms with Crippen molar-refractivity contribution < 1.29 is 9.59 Å². The Hall–Kier alpha value is -3.55. The fourth-order valence-corrected chi connectivity index (χ4v) is 3.22. The molecule has 1 fully saturated rings. The van der Waals surface area contributed by atoms with Crippen LogP contribution in [0.25, 0.3) is 11.0 Å². The van der Waals surface area contributed by atoms with Crippen molar-refractivity contribution in [3.05, 3.63) is 54.1 Å². The van der Waals surface area contributed by atoms with Crippen LogP contribution in [0, 0.1) is 0 Å². The maximum Gasteiger partial charge on any atom is 0.261 e. The highest BCUT2D eigenvalue weighted by molar-refractivity contribution is 6.00. The Morgan fingerprint density at radius 1 is 1.18 bits per heavy atom. The van der Waals surface area contributed by atoms with Crippen LogP contribution in [0.4, 0.5) is 5.69 Å². The summed E-state index contributed by atoms with van der Waals surface area (Å²) in [6.45, 7) is 2.62. The van der Waals surface area contributed by atoms with Gasteiger partial charge in [0.15, 0.2) is 0 Å². The molecule has 1 aliphatic rings. The first kappa shape index (κ1) is 17.8. The van der Waals surface area contributed by atoms with Gasteiger partial charge in [0, 0.05) is 18.7 Å². The number of fused-ring (bicyclic) bond motifs is 1. The number of nitrogens with one attached hydrogen (secondary N) is 1. The molecule has 3 aromatic rings. The van der Waals surface area contributed by atoms with Gasteiger partial charge in [0.25, 0.3) is 5.91 Å². The zero-order chi connectivity index (χ0) is 19.5. The van der Waals surface area contributed by atoms with Crippen molar-refractivity contribution in [2.75, 3.05) is 11.4 Å². The summed E-state index contributed by atoms with van der Waals surface area (Å²) in [4.78, 5) is 25.8. The number of hydrogen-bond donors (Lipinski definition) is 1. The van der Waals surface area contributed by atoms with Crippen LogP contribution in [0.5, 0.6) is 0 Å². The number of hydrazone groups is 1. The average molecular weight is 376 g/mol. The predicted molar refractivity (Wildman–Crippen MR) is 106 cm³/mol. The maximum atomic E-state index is 12.2. The van der Waals surface area contributed by atoms with E-state index in [9.17, 15) is 9.59 Å². The molecule has 0 spiro atoms. The third-order valence-corrected chi connectivity index (χ3v) is 4.73. The molecule has 4 rings (SSSR count).